The first-order valence-electron chi connectivity index (χ1n) is 7.13. The highest BCUT2D eigenvalue weighted by atomic mass is 16.5. The van der Waals surface area contributed by atoms with Crippen LogP contribution in [0.15, 0.2) is 24.3 Å². The van der Waals surface area contributed by atoms with Crippen LogP contribution in [0.25, 0.3) is 10.9 Å². The Morgan fingerprint density at radius 3 is 2.30 bits per heavy atom. The van der Waals surface area contributed by atoms with Gasteiger partial charge in [-0.3, -0.25) is 5.32 Å². The number of hydrogen-bond acceptors (Lipinski definition) is 4. The SMILES string of the molecule is CCNc1cc(NCC)c2ccc(NCC)[n+]([O-])c2c1. The zero-order valence-corrected chi connectivity index (χ0v) is 12.3. The Labute approximate surface area is 119 Å². The number of nitrogens with zero attached hydrogens (tertiary/aromatic N) is 1. The van der Waals surface area contributed by atoms with E-state index in [0.717, 1.165) is 41.1 Å². The highest BCUT2D eigenvalue weighted by Gasteiger charge is 2.11. The van der Waals surface area contributed by atoms with Crippen LogP contribution in [0.1, 0.15) is 20.8 Å². The van der Waals surface area contributed by atoms with Crippen LogP contribution in [0.5, 0.6) is 0 Å². The number of aromatic nitrogens is 1. The van der Waals surface area contributed by atoms with Gasteiger partial charge in [-0.15, -0.1) is 0 Å². The molecule has 2 aromatic rings. The quantitative estimate of drug-likeness (QED) is 0.560. The van der Waals surface area contributed by atoms with E-state index in [4.69, 9.17) is 0 Å². The van der Waals surface area contributed by atoms with Gasteiger partial charge >= 0.3 is 0 Å². The van der Waals surface area contributed by atoms with Crippen molar-refractivity contribution in [3.63, 3.8) is 0 Å². The van der Waals surface area contributed by atoms with Crippen molar-refractivity contribution < 1.29 is 4.73 Å². The third-order valence-corrected chi connectivity index (χ3v) is 3.11. The van der Waals surface area contributed by atoms with Gasteiger partial charge < -0.3 is 15.8 Å². The fraction of sp³-hybridized carbons (Fsp3) is 0.400. The Balaban J connectivity index is 2.62. The van der Waals surface area contributed by atoms with Crippen LogP contribution in [0, 0.1) is 5.21 Å². The molecule has 20 heavy (non-hydrogen) atoms. The molecule has 2 rings (SSSR count). The van der Waals surface area contributed by atoms with Gasteiger partial charge in [0.15, 0.2) is 0 Å². The summed E-state index contributed by atoms with van der Waals surface area (Å²) in [7, 11) is 0. The van der Waals surface area contributed by atoms with Crippen molar-refractivity contribution in [1.82, 2.24) is 0 Å². The Bertz CT molecular complexity index is 598. The molecular weight excluding hydrogens is 252 g/mol. The topological polar surface area (TPSA) is 63.0 Å². The fourth-order valence-electron chi connectivity index (χ4n) is 2.30. The summed E-state index contributed by atoms with van der Waals surface area (Å²) in [6.07, 6.45) is 0. The standard InChI is InChI=1S/C15H22N4O/c1-4-16-11-9-13(17-5-2)12-7-8-15(18-6-3)19(20)14(12)10-11/h7-10,16-18H,4-6H2,1-3H3. The monoisotopic (exact) mass is 274 g/mol. The van der Waals surface area contributed by atoms with Gasteiger partial charge in [-0.05, 0) is 32.9 Å². The molecule has 1 aromatic carbocycles. The average Bonchev–Trinajstić information content (AvgIpc) is 2.43. The Morgan fingerprint density at radius 1 is 0.950 bits per heavy atom. The Kier molecular flexibility index (Phi) is 4.50. The molecule has 0 bridgehead atoms. The average molecular weight is 274 g/mol. The lowest BCUT2D eigenvalue weighted by atomic mass is 10.1. The minimum atomic E-state index is 0.580. The highest BCUT2D eigenvalue weighted by Crippen LogP contribution is 2.27. The van der Waals surface area contributed by atoms with Gasteiger partial charge in [0, 0.05) is 42.0 Å². The van der Waals surface area contributed by atoms with Gasteiger partial charge in [0.1, 0.15) is 5.52 Å². The molecule has 0 saturated heterocycles. The van der Waals surface area contributed by atoms with E-state index in [9.17, 15) is 5.21 Å². The molecule has 0 radical (unpaired) electrons. The van der Waals surface area contributed by atoms with Crippen LogP contribution in [0.2, 0.25) is 0 Å². The lowest BCUT2D eigenvalue weighted by Gasteiger charge is -2.16. The van der Waals surface area contributed by atoms with Crippen LogP contribution in [0.4, 0.5) is 17.2 Å². The molecule has 0 unspecified atom stereocenters. The van der Waals surface area contributed by atoms with Gasteiger partial charge in [-0.2, -0.15) is 0 Å². The first-order chi connectivity index (χ1) is 9.71. The summed E-state index contributed by atoms with van der Waals surface area (Å²) in [5, 5.41) is 23.0. The van der Waals surface area contributed by atoms with Crippen molar-refractivity contribution in [1.29, 1.82) is 0 Å². The van der Waals surface area contributed by atoms with Gasteiger partial charge in [-0.1, -0.05) is 0 Å². The lowest BCUT2D eigenvalue weighted by Crippen LogP contribution is -2.32. The largest absolute Gasteiger partial charge is 0.710 e. The molecule has 3 N–H and O–H groups in total. The van der Waals surface area contributed by atoms with E-state index in [2.05, 4.69) is 16.0 Å². The normalized spacial score (nSPS) is 10.6. The van der Waals surface area contributed by atoms with Crippen molar-refractivity contribution in [3.05, 3.63) is 29.5 Å². The predicted molar refractivity (Wildman–Crippen MR) is 85.4 cm³/mol. The molecule has 5 heteroatoms. The lowest BCUT2D eigenvalue weighted by molar-refractivity contribution is -0.561. The van der Waals surface area contributed by atoms with E-state index in [0.29, 0.717) is 11.3 Å². The van der Waals surface area contributed by atoms with E-state index >= 15 is 0 Å². The third-order valence-electron chi connectivity index (χ3n) is 3.11. The molecule has 0 saturated carbocycles. The number of rotatable bonds is 6. The fourth-order valence-corrected chi connectivity index (χ4v) is 2.30. The minimum Gasteiger partial charge on any atom is -0.710 e. The molecule has 0 aliphatic carbocycles. The maximum absolute atomic E-state index is 12.4. The number of pyridine rings is 1. The van der Waals surface area contributed by atoms with E-state index in [1.165, 1.54) is 0 Å². The van der Waals surface area contributed by atoms with Gasteiger partial charge in [0.2, 0.25) is 0 Å². The van der Waals surface area contributed by atoms with Crippen LogP contribution < -0.4 is 20.7 Å². The van der Waals surface area contributed by atoms with Crippen LogP contribution in [-0.2, 0) is 0 Å². The molecular formula is C15H22N4O. The summed E-state index contributed by atoms with van der Waals surface area (Å²) in [5.74, 6) is 0.580. The van der Waals surface area contributed by atoms with Crippen molar-refractivity contribution in [2.75, 3.05) is 35.6 Å². The zero-order valence-electron chi connectivity index (χ0n) is 12.3. The van der Waals surface area contributed by atoms with E-state index in [-0.39, 0.29) is 0 Å². The van der Waals surface area contributed by atoms with Crippen molar-refractivity contribution in [3.8, 4) is 0 Å². The first kappa shape index (κ1) is 14.2. The molecule has 0 fully saturated rings. The number of benzene rings is 1. The van der Waals surface area contributed by atoms with Gasteiger partial charge in [-0.25, -0.2) is 4.73 Å². The smallest absolute Gasteiger partial charge is 0.277 e. The molecule has 0 atom stereocenters. The number of nitrogens with one attached hydrogen (secondary N) is 3. The molecule has 0 amide bonds. The summed E-state index contributed by atoms with van der Waals surface area (Å²) >= 11 is 0. The Morgan fingerprint density at radius 2 is 1.65 bits per heavy atom. The summed E-state index contributed by atoms with van der Waals surface area (Å²) in [4.78, 5) is 0. The molecule has 0 aliphatic heterocycles. The van der Waals surface area contributed by atoms with E-state index in [1.807, 2.05) is 45.0 Å². The zero-order chi connectivity index (χ0) is 14.5. The maximum atomic E-state index is 12.4. The molecule has 0 aliphatic rings. The van der Waals surface area contributed by atoms with Gasteiger partial charge in [0.25, 0.3) is 5.82 Å². The van der Waals surface area contributed by atoms with Crippen LogP contribution in [0.3, 0.4) is 0 Å². The number of fused-ring (bicyclic) bond motifs is 1. The van der Waals surface area contributed by atoms with E-state index in [1.54, 1.807) is 0 Å². The van der Waals surface area contributed by atoms with E-state index < -0.39 is 0 Å². The van der Waals surface area contributed by atoms with Crippen molar-refractivity contribution >= 4 is 28.1 Å². The van der Waals surface area contributed by atoms with Crippen molar-refractivity contribution in [2.24, 2.45) is 0 Å². The maximum Gasteiger partial charge on any atom is 0.277 e. The number of hydrogen-bond donors (Lipinski definition) is 3. The number of anilines is 3. The first-order valence-corrected chi connectivity index (χ1v) is 7.13. The molecule has 5 nitrogen and oxygen atoms in total. The summed E-state index contributed by atoms with van der Waals surface area (Å²) in [6, 6.07) is 7.75. The molecule has 0 spiro atoms. The second-order valence-corrected chi connectivity index (χ2v) is 4.56. The second-order valence-electron chi connectivity index (χ2n) is 4.56. The second kappa shape index (κ2) is 6.32. The van der Waals surface area contributed by atoms with Gasteiger partial charge in [0.05, 0.1) is 6.54 Å². The summed E-state index contributed by atoms with van der Waals surface area (Å²) in [6.45, 7) is 8.42. The van der Waals surface area contributed by atoms with Crippen molar-refractivity contribution in [2.45, 2.75) is 20.8 Å². The van der Waals surface area contributed by atoms with Crippen LogP contribution in [-0.4, -0.2) is 19.6 Å². The predicted octanol–water partition coefficient (Wildman–Crippen LogP) is 2.77. The van der Waals surface area contributed by atoms with Crippen LogP contribution >= 0.6 is 0 Å². The summed E-state index contributed by atoms with van der Waals surface area (Å²) in [5.41, 5.74) is 2.60. The third kappa shape index (κ3) is 2.71. The minimum absolute atomic E-state index is 0.580. The molecule has 1 aromatic heterocycles. The molecule has 108 valence electrons. The summed E-state index contributed by atoms with van der Waals surface area (Å²) < 4.78 is 0.959. The molecule has 1 heterocycles. The Hall–Kier alpha value is -2.17. The highest BCUT2D eigenvalue weighted by molar-refractivity contribution is 5.93.